The number of hydrogen-bond donors (Lipinski definition) is 1. The lowest BCUT2D eigenvalue weighted by Crippen LogP contribution is -2.26. The molecule has 0 saturated carbocycles. The fraction of sp³-hybridized carbons (Fsp3) is 0.344. The summed E-state index contributed by atoms with van der Waals surface area (Å²) in [5.41, 5.74) is 6.77. The third kappa shape index (κ3) is 5.79. The molecular weight excluding hydrogens is 501 g/mol. The Kier molecular flexibility index (Phi) is 8.15. The minimum Gasteiger partial charge on any atom is -0.489 e. The predicted octanol–water partition coefficient (Wildman–Crippen LogP) is 7.39. The SMILES string of the molecule is CC1CCc2cc(C(=O)O)ccc2C(c2cccc(OC3CCN(CCCF)C3)c2)=C1c1cccc(Cl)c1. The zero-order valence-corrected chi connectivity index (χ0v) is 22.4. The summed E-state index contributed by atoms with van der Waals surface area (Å²) < 4.78 is 19.0. The normalized spacial score (nSPS) is 19.8. The molecule has 3 aromatic carbocycles. The number of halogens is 2. The predicted molar refractivity (Wildman–Crippen MR) is 151 cm³/mol. The molecule has 198 valence electrons. The van der Waals surface area contributed by atoms with Gasteiger partial charge < -0.3 is 9.84 Å². The molecule has 1 saturated heterocycles. The third-order valence-electron chi connectivity index (χ3n) is 7.63. The lowest BCUT2D eigenvalue weighted by molar-refractivity contribution is 0.0696. The highest BCUT2D eigenvalue weighted by atomic mass is 35.5. The molecule has 1 heterocycles. The van der Waals surface area contributed by atoms with E-state index >= 15 is 0 Å². The van der Waals surface area contributed by atoms with E-state index in [0.717, 1.165) is 72.5 Å². The summed E-state index contributed by atoms with van der Waals surface area (Å²) in [6, 6.07) is 21.6. The first-order chi connectivity index (χ1) is 18.4. The van der Waals surface area contributed by atoms with Crippen molar-refractivity contribution in [3.05, 3.63) is 99.6 Å². The molecule has 1 N–H and O–H groups in total. The van der Waals surface area contributed by atoms with Gasteiger partial charge in [0.2, 0.25) is 0 Å². The Bertz CT molecular complexity index is 1350. The van der Waals surface area contributed by atoms with Gasteiger partial charge in [0.15, 0.2) is 0 Å². The first-order valence-corrected chi connectivity index (χ1v) is 13.7. The number of hydrogen-bond acceptors (Lipinski definition) is 3. The van der Waals surface area contributed by atoms with Crippen molar-refractivity contribution in [3.8, 4) is 5.75 Å². The third-order valence-corrected chi connectivity index (χ3v) is 7.86. The maximum Gasteiger partial charge on any atom is 0.335 e. The molecule has 4 nitrogen and oxygen atoms in total. The number of aromatic carboxylic acids is 1. The molecule has 5 rings (SSSR count). The Balaban J connectivity index is 1.58. The maximum atomic E-state index is 12.6. The van der Waals surface area contributed by atoms with Gasteiger partial charge in [-0.05, 0) is 101 Å². The number of alkyl halides is 1. The number of aryl methyl sites for hydroxylation is 1. The molecule has 0 amide bonds. The van der Waals surface area contributed by atoms with E-state index in [1.54, 1.807) is 6.07 Å². The molecule has 0 bridgehead atoms. The largest absolute Gasteiger partial charge is 0.489 e. The smallest absolute Gasteiger partial charge is 0.335 e. The molecule has 3 aromatic rings. The van der Waals surface area contributed by atoms with Gasteiger partial charge in [0, 0.05) is 24.7 Å². The van der Waals surface area contributed by atoms with E-state index in [1.807, 2.05) is 42.5 Å². The van der Waals surface area contributed by atoms with Crippen LogP contribution in [0.4, 0.5) is 4.39 Å². The molecule has 6 heteroatoms. The Hall–Kier alpha value is -3.15. The summed E-state index contributed by atoms with van der Waals surface area (Å²) in [5.74, 6) is 0.115. The second kappa shape index (κ2) is 11.7. The zero-order valence-electron chi connectivity index (χ0n) is 21.6. The number of carboxylic acid groups (broad SMARTS) is 1. The van der Waals surface area contributed by atoms with E-state index in [-0.39, 0.29) is 18.7 Å². The zero-order chi connectivity index (χ0) is 26.6. The van der Waals surface area contributed by atoms with Crippen LogP contribution in [0.15, 0.2) is 66.7 Å². The molecule has 2 aliphatic rings. The monoisotopic (exact) mass is 533 g/mol. The fourth-order valence-corrected chi connectivity index (χ4v) is 5.97. The molecule has 1 fully saturated rings. The molecule has 0 radical (unpaired) electrons. The van der Waals surface area contributed by atoms with Crippen molar-refractivity contribution in [2.75, 3.05) is 26.3 Å². The first kappa shape index (κ1) is 26.5. The molecule has 0 aromatic heterocycles. The molecule has 2 atom stereocenters. The summed E-state index contributed by atoms with van der Waals surface area (Å²) in [6.07, 6.45) is 3.24. The average Bonchev–Trinajstić information content (AvgIpc) is 3.29. The number of carbonyl (C=O) groups is 1. The van der Waals surface area contributed by atoms with Crippen molar-refractivity contribution in [2.45, 2.75) is 38.7 Å². The average molecular weight is 534 g/mol. The van der Waals surface area contributed by atoms with Gasteiger partial charge in [-0.1, -0.05) is 48.9 Å². The fourth-order valence-electron chi connectivity index (χ4n) is 5.78. The van der Waals surface area contributed by atoms with Crippen molar-refractivity contribution in [1.82, 2.24) is 4.90 Å². The second-order valence-corrected chi connectivity index (χ2v) is 10.8. The van der Waals surface area contributed by atoms with Gasteiger partial charge in [-0.25, -0.2) is 4.79 Å². The summed E-state index contributed by atoms with van der Waals surface area (Å²) in [4.78, 5) is 14.0. The van der Waals surface area contributed by atoms with Crippen molar-refractivity contribution >= 4 is 28.7 Å². The maximum absolute atomic E-state index is 12.6. The highest BCUT2D eigenvalue weighted by Gasteiger charge is 2.27. The van der Waals surface area contributed by atoms with Crippen LogP contribution in [0.5, 0.6) is 5.75 Å². The van der Waals surface area contributed by atoms with Gasteiger partial charge in [0.25, 0.3) is 0 Å². The number of allylic oxidation sites excluding steroid dienone is 1. The Labute approximate surface area is 228 Å². The number of ether oxygens (including phenoxy) is 1. The molecule has 2 unspecified atom stereocenters. The minimum absolute atomic E-state index is 0.0738. The molecule has 38 heavy (non-hydrogen) atoms. The highest BCUT2D eigenvalue weighted by Crippen LogP contribution is 2.43. The number of likely N-dealkylation sites (tertiary alicyclic amines) is 1. The lowest BCUT2D eigenvalue weighted by atomic mass is 9.84. The van der Waals surface area contributed by atoms with E-state index < -0.39 is 5.97 Å². The van der Waals surface area contributed by atoms with E-state index in [4.69, 9.17) is 16.3 Å². The van der Waals surface area contributed by atoms with E-state index in [2.05, 4.69) is 30.0 Å². The summed E-state index contributed by atoms with van der Waals surface area (Å²) in [6.45, 7) is 4.43. The number of carboxylic acids is 1. The van der Waals surface area contributed by atoms with Gasteiger partial charge in [-0.15, -0.1) is 0 Å². The Morgan fingerprint density at radius 1 is 1.08 bits per heavy atom. The van der Waals surface area contributed by atoms with Crippen LogP contribution in [0.2, 0.25) is 5.02 Å². The molecule has 1 aliphatic carbocycles. The van der Waals surface area contributed by atoms with Gasteiger partial charge in [0.05, 0.1) is 12.2 Å². The number of fused-ring (bicyclic) bond motifs is 1. The minimum atomic E-state index is -0.918. The Morgan fingerprint density at radius 2 is 1.89 bits per heavy atom. The van der Waals surface area contributed by atoms with Gasteiger partial charge in [-0.3, -0.25) is 9.29 Å². The quantitative estimate of drug-likeness (QED) is 0.328. The number of benzene rings is 3. The molecule has 1 aliphatic heterocycles. The van der Waals surface area contributed by atoms with E-state index in [0.29, 0.717) is 17.0 Å². The lowest BCUT2D eigenvalue weighted by Gasteiger charge is -2.22. The standard InChI is InChI=1S/C32H33ClFNO3/c1-21-9-10-22-17-25(32(36)37)11-12-29(22)31(30(21)23-5-2-7-26(33)18-23)24-6-3-8-27(19-24)38-28-13-16-35(20-28)15-4-14-34/h2-3,5-8,11-12,17-19,21,28H,4,9-10,13-16,20H2,1H3,(H,36,37). The first-order valence-electron chi connectivity index (χ1n) is 13.3. The van der Waals surface area contributed by atoms with Crippen LogP contribution in [0.3, 0.4) is 0 Å². The van der Waals surface area contributed by atoms with E-state index in [9.17, 15) is 14.3 Å². The Morgan fingerprint density at radius 3 is 2.68 bits per heavy atom. The van der Waals surface area contributed by atoms with Crippen LogP contribution in [-0.2, 0) is 6.42 Å². The number of rotatable bonds is 8. The van der Waals surface area contributed by atoms with Crippen LogP contribution in [-0.4, -0.2) is 48.4 Å². The highest BCUT2D eigenvalue weighted by molar-refractivity contribution is 6.30. The van der Waals surface area contributed by atoms with Crippen LogP contribution >= 0.6 is 11.6 Å². The topological polar surface area (TPSA) is 49.8 Å². The second-order valence-electron chi connectivity index (χ2n) is 10.3. The van der Waals surface area contributed by atoms with Crippen molar-refractivity contribution in [1.29, 1.82) is 0 Å². The van der Waals surface area contributed by atoms with Crippen LogP contribution in [0, 0.1) is 5.92 Å². The summed E-state index contributed by atoms with van der Waals surface area (Å²) >= 11 is 6.43. The van der Waals surface area contributed by atoms with Crippen LogP contribution in [0.1, 0.15) is 58.8 Å². The van der Waals surface area contributed by atoms with Crippen molar-refractivity contribution in [3.63, 3.8) is 0 Å². The van der Waals surface area contributed by atoms with Crippen LogP contribution < -0.4 is 4.74 Å². The van der Waals surface area contributed by atoms with Crippen LogP contribution in [0.25, 0.3) is 11.1 Å². The molecule has 0 spiro atoms. The summed E-state index contributed by atoms with van der Waals surface area (Å²) in [5, 5.41) is 10.3. The molecular formula is C32H33ClFNO3. The summed E-state index contributed by atoms with van der Waals surface area (Å²) in [7, 11) is 0. The van der Waals surface area contributed by atoms with Gasteiger partial charge >= 0.3 is 5.97 Å². The van der Waals surface area contributed by atoms with Crippen molar-refractivity contribution < 1.29 is 19.0 Å². The van der Waals surface area contributed by atoms with Gasteiger partial charge in [0.1, 0.15) is 11.9 Å². The van der Waals surface area contributed by atoms with Gasteiger partial charge in [-0.2, -0.15) is 0 Å². The van der Waals surface area contributed by atoms with E-state index in [1.165, 1.54) is 5.57 Å². The van der Waals surface area contributed by atoms with Crippen molar-refractivity contribution in [2.24, 2.45) is 5.92 Å². The number of nitrogens with zero attached hydrogens (tertiary/aromatic N) is 1.